The first-order chi connectivity index (χ1) is 24.9. The van der Waals surface area contributed by atoms with Crippen LogP contribution >= 0.6 is 0 Å². The van der Waals surface area contributed by atoms with Crippen LogP contribution in [0.3, 0.4) is 0 Å². The van der Waals surface area contributed by atoms with Crippen LogP contribution in [0, 0.1) is 5.92 Å². The van der Waals surface area contributed by atoms with Crippen molar-refractivity contribution in [3.8, 4) is 5.82 Å². The summed E-state index contributed by atoms with van der Waals surface area (Å²) in [5, 5.41) is 26.1. The van der Waals surface area contributed by atoms with Crippen LogP contribution in [-0.2, 0) is 20.8 Å². The molecular weight excluding hydrogens is 680 g/mol. The fourth-order valence-corrected chi connectivity index (χ4v) is 5.71. The number of nitrogens with one attached hydrogen (secondary N) is 2. The zero-order valence-electron chi connectivity index (χ0n) is 31.7. The number of carbonyl (C=O) groups excluding carboxylic acids is 3. The van der Waals surface area contributed by atoms with E-state index in [1.807, 2.05) is 34.6 Å². The van der Waals surface area contributed by atoms with Gasteiger partial charge in [0.15, 0.2) is 11.5 Å². The minimum atomic E-state index is -0.809. The number of amides is 3. The minimum Gasteiger partial charge on any atom is -0.444 e. The highest BCUT2D eigenvalue weighted by molar-refractivity contribution is 5.98. The van der Waals surface area contributed by atoms with Gasteiger partial charge in [0, 0.05) is 30.6 Å². The summed E-state index contributed by atoms with van der Waals surface area (Å²) in [6, 6.07) is 7.07. The van der Waals surface area contributed by atoms with E-state index in [4.69, 9.17) is 19.4 Å². The largest absolute Gasteiger partial charge is 0.444 e. The van der Waals surface area contributed by atoms with Crippen LogP contribution in [0.15, 0.2) is 55.5 Å². The molecule has 2 atom stereocenters. The average Bonchev–Trinajstić information content (AvgIpc) is 3.72. The second-order valence-corrected chi connectivity index (χ2v) is 15.3. The highest BCUT2D eigenvalue weighted by atomic mass is 16.6. The topological polar surface area (TPSA) is 181 Å². The Balaban J connectivity index is 1.45. The molecule has 0 aliphatic carbocycles. The van der Waals surface area contributed by atoms with E-state index >= 15 is 0 Å². The van der Waals surface area contributed by atoms with Gasteiger partial charge < -0.3 is 30.1 Å². The van der Waals surface area contributed by atoms with Gasteiger partial charge in [-0.15, -0.1) is 0 Å². The molecule has 0 unspecified atom stereocenters. The van der Waals surface area contributed by atoms with Crippen molar-refractivity contribution in [3.05, 3.63) is 66.8 Å². The van der Waals surface area contributed by atoms with Crippen LogP contribution in [0.1, 0.15) is 79.0 Å². The Bertz CT molecular complexity index is 1960. The smallest absolute Gasteiger partial charge is 0.416 e. The lowest BCUT2D eigenvalue weighted by atomic mass is 9.94. The van der Waals surface area contributed by atoms with Gasteiger partial charge in [-0.1, -0.05) is 26.5 Å². The van der Waals surface area contributed by atoms with E-state index < -0.39 is 29.5 Å². The van der Waals surface area contributed by atoms with E-state index in [0.717, 1.165) is 5.56 Å². The lowest BCUT2D eigenvalue weighted by Crippen LogP contribution is -2.49. The van der Waals surface area contributed by atoms with Crippen LogP contribution in [0.2, 0.25) is 0 Å². The molecule has 5 rings (SSSR count). The Morgan fingerprint density at radius 2 is 1.81 bits per heavy atom. The van der Waals surface area contributed by atoms with Crippen molar-refractivity contribution in [2.75, 3.05) is 35.2 Å². The van der Waals surface area contributed by atoms with Crippen molar-refractivity contribution in [3.63, 3.8) is 0 Å². The van der Waals surface area contributed by atoms with Crippen molar-refractivity contribution in [2.24, 2.45) is 5.92 Å². The number of fused-ring (bicyclic) bond motifs is 1. The molecule has 53 heavy (non-hydrogen) atoms. The fourth-order valence-electron chi connectivity index (χ4n) is 5.71. The number of pyridine rings is 1. The molecule has 1 fully saturated rings. The summed E-state index contributed by atoms with van der Waals surface area (Å²) >= 11 is 0. The van der Waals surface area contributed by atoms with Gasteiger partial charge >= 0.3 is 12.2 Å². The number of likely N-dealkylation sites (tertiary alicyclic amines) is 1. The lowest BCUT2D eigenvalue weighted by Gasteiger charge is -2.36. The molecule has 0 aromatic carbocycles. The number of rotatable bonds is 10. The third-order valence-corrected chi connectivity index (χ3v) is 8.29. The van der Waals surface area contributed by atoms with E-state index in [1.165, 1.54) is 26.8 Å². The zero-order chi connectivity index (χ0) is 38.7. The van der Waals surface area contributed by atoms with Gasteiger partial charge in [0.05, 0.1) is 49.2 Å². The van der Waals surface area contributed by atoms with Gasteiger partial charge in [-0.2, -0.15) is 14.7 Å². The predicted octanol–water partition coefficient (Wildman–Crippen LogP) is 5.53. The lowest BCUT2D eigenvalue weighted by molar-refractivity contribution is -0.111. The molecule has 5 heterocycles. The number of anilines is 3. The number of piperidine rings is 1. The van der Waals surface area contributed by atoms with Crippen molar-refractivity contribution in [1.29, 1.82) is 0 Å². The predicted molar refractivity (Wildman–Crippen MR) is 200 cm³/mol. The zero-order valence-corrected chi connectivity index (χ0v) is 31.7. The number of carbonyl (C=O) groups is 3. The van der Waals surface area contributed by atoms with Crippen LogP contribution in [-0.4, -0.2) is 94.4 Å². The molecule has 4 aromatic rings. The molecule has 16 heteroatoms. The molecule has 3 amide bonds. The Morgan fingerprint density at radius 1 is 1.08 bits per heavy atom. The van der Waals surface area contributed by atoms with Crippen molar-refractivity contribution in [1.82, 2.24) is 34.3 Å². The first kappa shape index (κ1) is 38.7. The first-order valence-corrected chi connectivity index (χ1v) is 17.6. The van der Waals surface area contributed by atoms with E-state index in [2.05, 4.69) is 27.4 Å². The molecule has 0 spiro atoms. The third kappa shape index (κ3) is 9.88. The quantitative estimate of drug-likeness (QED) is 0.175. The molecular formula is C37H50N10O6. The maximum Gasteiger partial charge on any atom is 0.416 e. The summed E-state index contributed by atoms with van der Waals surface area (Å²) in [5.74, 6) is 0.857. The van der Waals surface area contributed by atoms with Gasteiger partial charge in [0.2, 0.25) is 5.91 Å². The molecule has 4 aromatic heterocycles. The first-order valence-electron chi connectivity index (χ1n) is 17.6. The molecule has 0 bridgehead atoms. The summed E-state index contributed by atoms with van der Waals surface area (Å²) in [6.45, 7) is 19.3. The SMILES string of the molecule is C=CC(=O)Nc1cnn(-c2cccc(CN(C(=O)OC(C)(C)C)c3cc(NC[C@H]4CCN(C(=O)OC(C)(C)C)C[C@@H]4O)nc4c(C(C)C)cnn34)n2)c1. The van der Waals surface area contributed by atoms with Crippen LogP contribution < -0.4 is 15.5 Å². The monoisotopic (exact) mass is 730 g/mol. The molecule has 3 N–H and O–H groups in total. The summed E-state index contributed by atoms with van der Waals surface area (Å²) in [4.78, 5) is 51.1. The fraction of sp³-hybridized carbons (Fsp3) is 0.486. The van der Waals surface area contributed by atoms with E-state index in [0.29, 0.717) is 54.0 Å². The van der Waals surface area contributed by atoms with E-state index in [1.54, 1.807) is 61.9 Å². The summed E-state index contributed by atoms with van der Waals surface area (Å²) in [6.07, 6.45) is 4.73. The molecule has 1 aliphatic rings. The van der Waals surface area contributed by atoms with E-state index in [-0.39, 0.29) is 30.8 Å². The van der Waals surface area contributed by atoms with Gasteiger partial charge in [-0.05, 0) is 72.1 Å². The van der Waals surface area contributed by atoms with Gasteiger partial charge in [0.25, 0.3) is 0 Å². The number of ether oxygens (including phenoxy) is 2. The standard InChI is InChI=1S/C37H50N10O6/c1-10-31(49)42-26-18-39-46(21-26)30-13-11-12-25(41-30)20-45(35(51)53-37(7,8)9)32-16-29(43-33-27(23(2)3)19-40-47(32)33)38-17-24-14-15-44(22-28(24)48)34(50)52-36(4,5)6/h10-13,16,18-19,21,23-24,28,48H,1,14-15,17,20,22H2,2-9H3,(H,38,43)(H,42,49)/t24-,28+/m1/s1. The maximum atomic E-state index is 14.0. The van der Waals surface area contributed by atoms with Crippen LogP contribution in [0.4, 0.5) is 26.9 Å². The third-order valence-electron chi connectivity index (χ3n) is 8.29. The Labute approximate surface area is 309 Å². The number of β-amino-alcohol motifs (C(OH)–C–C–N with tert-alkyl or cyclic N) is 1. The van der Waals surface area contributed by atoms with Crippen LogP contribution in [0.25, 0.3) is 11.5 Å². The van der Waals surface area contributed by atoms with E-state index in [9.17, 15) is 19.5 Å². The number of aromatic nitrogens is 6. The Hall–Kier alpha value is -5.51. The van der Waals surface area contributed by atoms with Crippen molar-refractivity contribution in [2.45, 2.75) is 91.6 Å². The number of aliphatic hydroxyl groups is 1. The number of hydrogen-bond donors (Lipinski definition) is 3. The normalized spacial score (nSPS) is 16.4. The maximum absolute atomic E-state index is 14.0. The minimum absolute atomic E-state index is 0.00133. The van der Waals surface area contributed by atoms with Crippen molar-refractivity contribution < 1.29 is 29.0 Å². The molecule has 1 saturated heterocycles. The van der Waals surface area contributed by atoms with Gasteiger partial charge in [-0.3, -0.25) is 9.69 Å². The molecule has 284 valence electrons. The average molecular weight is 731 g/mol. The second-order valence-electron chi connectivity index (χ2n) is 15.3. The highest BCUT2D eigenvalue weighted by Crippen LogP contribution is 2.29. The Kier molecular flexibility index (Phi) is 11.4. The number of aliphatic hydroxyl groups excluding tert-OH is 1. The second kappa shape index (κ2) is 15.6. The van der Waals surface area contributed by atoms with Crippen LogP contribution in [0.5, 0.6) is 0 Å². The summed E-state index contributed by atoms with van der Waals surface area (Å²) in [7, 11) is 0. The summed E-state index contributed by atoms with van der Waals surface area (Å²) in [5.41, 5.74) is 0.987. The Morgan fingerprint density at radius 3 is 2.47 bits per heavy atom. The highest BCUT2D eigenvalue weighted by Gasteiger charge is 2.33. The number of hydrogen-bond acceptors (Lipinski definition) is 11. The molecule has 0 saturated carbocycles. The molecule has 0 radical (unpaired) electrons. The molecule has 16 nitrogen and oxygen atoms in total. The number of nitrogens with zero attached hydrogens (tertiary/aromatic N) is 8. The van der Waals surface area contributed by atoms with Crippen molar-refractivity contribution >= 4 is 41.1 Å². The summed E-state index contributed by atoms with van der Waals surface area (Å²) < 4.78 is 14.5. The van der Waals surface area contributed by atoms with Gasteiger partial charge in [0.1, 0.15) is 22.8 Å². The molecule has 1 aliphatic heterocycles. The van der Waals surface area contributed by atoms with Gasteiger partial charge in [-0.25, -0.2) is 24.2 Å².